The highest BCUT2D eigenvalue weighted by Crippen LogP contribution is 2.20. The third-order valence-electron chi connectivity index (χ3n) is 2.96. The minimum Gasteiger partial charge on any atom is -0.272 e. The molecular formula is C13H15ClN2O. The average molecular weight is 251 g/mol. The first kappa shape index (κ1) is 12.1. The van der Waals surface area contributed by atoms with Crippen LogP contribution in [-0.2, 0) is 11.3 Å². The third kappa shape index (κ3) is 2.50. The van der Waals surface area contributed by atoms with Gasteiger partial charge in [-0.2, -0.15) is 5.10 Å². The Balaban J connectivity index is 2.15. The van der Waals surface area contributed by atoms with Crippen molar-refractivity contribution in [2.24, 2.45) is 11.0 Å². The molecule has 0 spiro atoms. The topological polar surface area (TPSA) is 32.7 Å². The minimum atomic E-state index is -0.0841. The Bertz CT molecular complexity index is 470. The second kappa shape index (κ2) is 4.88. The second-order valence-corrected chi connectivity index (χ2v) is 4.63. The minimum absolute atomic E-state index is 0.0711. The van der Waals surface area contributed by atoms with Crippen molar-refractivity contribution in [1.29, 1.82) is 0 Å². The van der Waals surface area contributed by atoms with Crippen LogP contribution in [0.25, 0.3) is 0 Å². The van der Waals surface area contributed by atoms with Crippen LogP contribution >= 0.6 is 11.6 Å². The summed E-state index contributed by atoms with van der Waals surface area (Å²) < 4.78 is 0. The van der Waals surface area contributed by atoms with E-state index in [0.29, 0.717) is 11.6 Å². The predicted octanol–water partition coefficient (Wildman–Crippen LogP) is 3.08. The molecule has 90 valence electrons. The maximum absolute atomic E-state index is 11.9. The lowest BCUT2D eigenvalue weighted by Gasteiger charge is -2.12. The molecule has 0 saturated heterocycles. The lowest BCUT2D eigenvalue weighted by molar-refractivity contribution is -0.131. The van der Waals surface area contributed by atoms with Crippen molar-refractivity contribution < 1.29 is 4.79 Å². The summed E-state index contributed by atoms with van der Waals surface area (Å²) in [7, 11) is 0. The zero-order valence-corrected chi connectivity index (χ0v) is 10.7. The van der Waals surface area contributed by atoms with Gasteiger partial charge >= 0.3 is 0 Å². The molecule has 1 aromatic rings. The number of nitrogens with zero attached hydrogens (tertiary/aromatic N) is 2. The third-order valence-corrected chi connectivity index (χ3v) is 3.19. The summed E-state index contributed by atoms with van der Waals surface area (Å²) in [5.41, 5.74) is 1.95. The van der Waals surface area contributed by atoms with E-state index in [-0.39, 0.29) is 11.8 Å². The van der Waals surface area contributed by atoms with E-state index in [2.05, 4.69) is 5.10 Å². The number of hydrogen-bond donors (Lipinski definition) is 0. The van der Waals surface area contributed by atoms with Crippen LogP contribution in [0.1, 0.15) is 25.8 Å². The van der Waals surface area contributed by atoms with Crippen LogP contribution < -0.4 is 0 Å². The molecule has 17 heavy (non-hydrogen) atoms. The number of halogens is 1. The Hall–Kier alpha value is -1.35. The summed E-state index contributed by atoms with van der Waals surface area (Å²) in [5, 5.41) is 6.57. The molecule has 0 aliphatic carbocycles. The highest BCUT2D eigenvalue weighted by atomic mass is 35.5. The molecule has 3 nitrogen and oxygen atoms in total. The summed E-state index contributed by atoms with van der Waals surface area (Å²) in [4.78, 5) is 11.9. The summed E-state index contributed by atoms with van der Waals surface area (Å²) >= 11 is 5.91. The summed E-state index contributed by atoms with van der Waals surface area (Å²) in [5.74, 6) is -0.0130. The molecule has 1 aromatic carbocycles. The number of benzene rings is 1. The molecule has 0 fully saturated rings. The van der Waals surface area contributed by atoms with Gasteiger partial charge in [0, 0.05) is 5.02 Å². The Kier molecular flexibility index (Phi) is 3.48. The van der Waals surface area contributed by atoms with Gasteiger partial charge in [0.15, 0.2) is 0 Å². The van der Waals surface area contributed by atoms with Crippen LogP contribution in [0.2, 0.25) is 5.02 Å². The normalized spacial score (nSPS) is 19.7. The summed E-state index contributed by atoms with van der Waals surface area (Å²) in [6, 6.07) is 7.51. The fourth-order valence-corrected chi connectivity index (χ4v) is 2.17. The zero-order chi connectivity index (χ0) is 12.4. The van der Waals surface area contributed by atoms with Gasteiger partial charge in [0.2, 0.25) is 0 Å². The first-order chi connectivity index (χ1) is 8.11. The molecule has 1 atom stereocenters. The quantitative estimate of drug-likeness (QED) is 0.811. The van der Waals surface area contributed by atoms with Crippen LogP contribution in [-0.4, -0.2) is 16.6 Å². The molecule has 0 radical (unpaired) electrons. The average Bonchev–Trinajstić information content (AvgIpc) is 2.57. The molecule has 0 saturated carbocycles. The standard InChI is InChI=1S/C13H15ClN2O/c1-3-12-9(2)13(17)16(15-12)8-10-5-4-6-11(14)7-10/h4-7,9H,3,8H2,1-2H3. The fraction of sp³-hybridized carbons (Fsp3) is 0.385. The first-order valence-corrected chi connectivity index (χ1v) is 6.12. The number of hydrogen-bond acceptors (Lipinski definition) is 2. The molecule has 0 aromatic heterocycles. The number of hydrazone groups is 1. The van der Waals surface area contributed by atoms with E-state index < -0.39 is 0 Å². The molecular weight excluding hydrogens is 236 g/mol. The van der Waals surface area contributed by atoms with Gasteiger partial charge in [-0.3, -0.25) is 4.79 Å². The predicted molar refractivity (Wildman–Crippen MR) is 68.9 cm³/mol. The van der Waals surface area contributed by atoms with Crippen LogP contribution in [0.15, 0.2) is 29.4 Å². The lowest BCUT2D eigenvalue weighted by atomic mass is 10.0. The smallest absolute Gasteiger partial charge is 0.251 e. The monoisotopic (exact) mass is 250 g/mol. The van der Waals surface area contributed by atoms with Crippen molar-refractivity contribution in [3.63, 3.8) is 0 Å². The van der Waals surface area contributed by atoms with Crippen molar-refractivity contribution in [1.82, 2.24) is 5.01 Å². The highest BCUT2D eigenvalue weighted by Gasteiger charge is 2.30. The van der Waals surface area contributed by atoms with Gasteiger partial charge in [-0.15, -0.1) is 0 Å². The van der Waals surface area contributed by atoms with E-state index in [1.54, 1.807) is 0 Å². The Morgan fingerprint density at radius 1 is 1.47 bits per heavy atom. The second-order valence-electron chi connectivity index (χ2n) is 4.19. The van der Waals surface area contributed by atoms with Crippen LogP contribution in [0.5, 0.6) is 0 Å². The lowest BCUT2D eigenvalue weighted by Crippen LogP contribution is -2.25. The molecule has 1 unspecified atom stereocenters. The van der Waals surface area contributed by atoms with E-state index in [1.807, 2.05) is 38.1 Å². The van der Waals surface area contributed by atoms with Gasteiger partial charge in [0.05, 0.1) is 18.2 Å². The van der Waals surface area contributed by atoms with Crippen molar-refractivity contribution in [3.8, 4) is 0 Å². The van der Waals surface area contributed by atoms with E-state index in [0.717, 1.165) is 17.7 Å². The van der Waals surface area contributed by atoms with Gasteiger partial charge in [-0.05, 0) is 31.0 Å². The van der Waals surface area contributed by atoms with Gasteiger partial charge in [0.25, 0.3) is 5.91 Å². The molecule has 0 N–H and O–H groups in total. The Morgan fingerprint density at radius 2 is 2.24 bits per heavy atom. The van der Waals surface area contributed by atoms with Crippen LogP contribution in [0, 0.1) is 5.92 Å². The van der Waals surface area contributed by atoms with E-state index in [4.69, 9.17) is 11.6 Å². The highest BCUT2D eigenvalue weighted by molar-refractivity contribution is 6.30. The van der Waals surface area contributed by atoms with E-state index in [9.17, 15) is 4.79 Å². The number of rotatable bonds is 3. The maximum Gasteiger partial charge on any atom is 0.251 e. The van der Waals surface area contributed by atoms with E-state index >= 15 is 0 Å². The molecule has 1 aliphatic rings. The van der Waals surface area contributed by atoms with Gasteiger partial charge in [-0.1, -0.05) is 30.7 Å². The molecule has 4 heteroatoms. The number of carbonyl (C=O) groups excluding carboxylic acids is 1. The molecule has 2 rings (SSSR count). The SMILES string of the molecule is CCC1=NN(Cc2cccc(Cl)c2)C(=O)C1C. The Labute approximate surface area is 106 Å². The van der Waals surface area contributed by atoms with Crippen LogP contribution in [0.3, 0.4) is 0 Å². The van der Waals surface area contributed by atoms with E-state index in [1.165, 1.54) is 5.01 Å². The number of carbonyl (C=O) groups is 1. The fourth-order valence-electron chi connectivity index (χ4n) is 1.96. The van der Waals surface area contributed by atoms with Crippen molar-refractivity contribution in [2.45, 2.75) is 26.8 Å². The molecule has 1 amide bonds. The summed E-state index contributed by atoms with van der Waals surface area (Å²) in [6.45, 7) is 4.42. The summed E-state index contributed by atoms with van der Waals surface area (Å²) in [6.07, 6.45) is 0.818. The zero-order valence-electron chi connectivity index (χ0n) is 9.98. The van der Waals surface area contributed by atoms with Crippen molar-refractivity contribution >= 4 is 23.2 Å². The maximum atomic E-state index is 11.9. The van der Waals surface area contributed by atoms with Gasteiger partial charge < -0.3 is 0 Å². The van der Waals surface area contributed by atoms with Gasteiger partial charge in [-0.25, -0.2) is 5.01 Å². The van der Waals surface area contributed by atoms with Crippen LogP contribution in [0.4, 0.5) is 0 Å². The van der Waals surface area contributed by atoms with Crippen molar-refractivity contribution in [3.05, 3.63) is 34.9 Å². The first-order valence-electron chi connectivity index (χ1n) is 5.75. The molecule has 1 aliphatic heterocycles. The number of amides is 1. The molecule has 0 bridgehead atoms. The van der Waals surface area contributed by atoms with Crippen molar-refractivity contribution in [2.75, 3.05) is 0 Å². The molecule has 1 heterocycles. The van der Waals surface area contributed by atoms with Gasteiger partial charge in [0.1, 0.15) is 0 Å². The Morgan fingerprint density at radius 3 is 2.82 bits per heavy atom. The largest absolute Gasteiger partial charge is 0.272 e.